The molecule has 10 heteroatoms. The molecule has 150 valence electrons. The van der Waals surface area contributed by atoms with E-state index in [0.717, 1.165) is 0 Å². The van der Waals surface area contributed by atoms with Gasteiger partial charge in [-0.05, 0) is 32.0 Å². The van der Waals surface area contributed by atoms with Crippen LogP contribution in [0.15, 0.2) is 44.5 Å². The molecule has 28 heavy (non-hydrogen) atoms. The average Bonchev–Trinajstić information content (AvgIpc) is 3.36. The third-order valence-electron chi connectivity index (χ3n) is 4.39. The predicted octanol–water partition coefficient (Wildman–Crippen LogP) is 2.34. The number of furan rings is 2. The Labute approximate surface area is 162 Å². The summed E-state index contributed by atoms with van der Waals surface area (Å²) in [6.45, 7) is 3.49. The van der Waals surface area contributed by atoms with E-state index in [9.17, 15) is 13.2 Å². The van der Waals surface area contributed by atoms with Gasteiger partial charge in [-0.15, -0.1) is 0 Å². The third kappa shape index (κ3) is 3.60. The van der Waals surface area contributed by atoms with Crippen LogP contribution in [0.1, 0.15) is 33.3 Å². The number of nitrogens with zero attached hydrogens (tertiary/aromatic N) is 3. The van der Waals surface area contributed by atoms with Gasteiger partial charge in [-0.25, -0.2) is 13.2 Å². The van der Waals surface area contributed by atoms with E-state index in [-0.39, 0.29) is 23.5 Å². The fourth-order valence-electron chi connectivity index (χ4n) is 2.96. The number of carbonyl (C=O) groups excluding carboxylic acids is 1. The highest BCUT2D eigenvalue weighted by Gasteiger charge is 2.30. The summed E-state index contributed by atoms with van der Waals surface area (Å²) >= 11 is 0. The van der Waals surface area contributed by atoms with E-state index in [1.807, 2.05) is 0 Å². The Kier molecular flexibility index (Phi) is 5.43. The lowest BCUT2D eigenvalue weighted by atomic mass is 10.2. The van der Waals surface area contributed by atoms with E-state index in [2.05, 4.69) is 5.10 Å². The Balaban J connectivity index is 1.91. The van der Waals surface area contributed by atoms with E-state index < -0.39 is 16.0 Å². The zero-order chi connectivity index (χ0) is 20.5. The topological polar surface area (TPSA) is 108 Å². The van der Waals surface area contributed by atoms with Gasteiger partial charge in [-0.1, -0.05) is 0 Å². The number of hydrogen-bond donors (Lipinski definition) is 0. The quantitative estimate of drug-likeness (QED) is 0.553. The van der Waals surface area contributed by atoms with Crippen LogP contribution >= 0.6 is 0 Å². The molecule has 0 spiro atoms. The summed E-state index contributed by atoms with van der Waals surface area (Å²) < 4.78 is 44.2. The van der Waals surface area contributed by atoms with Crippen LogP contribution in [0.3, 0.4) is 0 Å². The Morgan fingerprint density at radius 3 is 2.64 bits per heavy atom. The largest absolute Gasteiger partial charge is 0.468 e. The van der Waals surface area contributed by atoms with Crippen molar-refractivity contribution in [1.82, 2.24) is 14.1 Å². The molecule has 0 saturated heterocycles. The summed E-state index contributed by atoms with van der Waals surface area (Å²) in [6.07, 6.45) is 2.87. The fraction of sp³-hybridized carbons (Fsp3) is 0.333. The summed E-state index contributed by atoms with van der Waals surface area (Å²) in [4.78, 5) is 11.9. The molecular weight excluding hydrogens is 386 g/mol. The van der Waals surface area contributed by atoms with Crippen LogP contribution < -0.4 is 0 Å². The molecule has 0 saturated carbocycles. The van der Waals surface area contributed by atoms with Gasteiger partial charge in [0, 0.05) is 7.05 Å². The van der Waals surface area contributed by atoms with Crippen LogP contribution in [0, 0.1) is 13.8 Å². The highest BCUT2D eigenvalue weighted by molar-refractivity contribution is 7.89. The first kappa shape index (κ1) is 19.9. The Bertz CT molecular complexity index is 1080. The molecule has 3 heterocycles. The van der Waals surface area contributed by atoms with Crippen LogP contribution in [0.25, 0.3) is 0 Å². The van der Waals surface area contributed by atoms with Gasteiger partial charge < -0.3 is 13.6 Å². The maximum absolute atomic E-state index is 13.1. The number of carbonyl (C=O) groups is 1. The molecule has 3 rings (SSSR count). The second kappa shape index (κ2) is 7.64. The van der Waals surface area contributed by atoms with Crippen molar-refractivity contribution in [2.45, 2.75) is 31.8 Å². The first-order valence-corrected chi connectivity index (χ1v) is 9.87. The summed E-state index contributed by atoms with van der Waals surface area (Å²) in [5.74, 6) is 0.341. The minimum atomic E-state index is -3.80. The number of methoxy groups -OCH3 is 1. The zero-order valence-corrected chi connectivity index (χ0v) is 16.8. The summed E-state index contributed by atoms with van der Waals surface area (Å²) in [6, 6.07) is 4.91. The monoisotopic (exact) mass is 407 g/mol. The smallest absolute Gasteiger partial charge is 0.341 e. The Hall–Kier alpha value is -2.85. The molecule has 0 unspecified atom stereocenters. The van der Waals surface area contributed by atoms with Crippen LogP contribution in [-0.2, 0) is 27.8 Å². The van der Waals surface area contributed by atoms with Crippen molar-refractivity contribution >= 4 is 16.0 Å². The van der Waals surface area contributed by atoms with Gasteiger partial charge in [0.1, 0.15) is 28.5 Å². The lowest BCUT2D eigenvalue weighted by molar-refractivity contribution is 0.0598. The van der Waals surface area contributed by atoms with Gasteiger partial charge >= 0.3 is 5.97 Å². The average molecular weight is 407 g/mol. The van der Waals surface area contributed by atoms with Gasteiger partial charge in [0.25, 0.3) is 0 Å². The molecule has 9 nitrogen and oxygen atoms in total. The molecule has 0 amide bonds. The molecule has 0 aromatic carbocycles. The van der Waals surface area contributed by atoms with Crippen molar-refractivity contribution in [3.63, 3.8) is 0 Å². The third-order valence-corrected chi connectivity index (χ3v) is 6.44. The molecule has 0 atom stereocenters. The molecule has 0 aliphatic carbocycles. The van der Waals surface area contributed by atoms with E-state index in [0.29, 0.717) is 22.9 Å². The molecule has 0 aliphatic rings. The van der Waals surface area contributed by atoms with Crippen molar-refractivity contribution < 1.29 is 26.8 Å². The number of rotatable bonds is 7. The van der Waals surface area contributed by atoms with Crippen molar-refractivity contribution in [1.29, 1.82) is 0 Å². The van der Waals surface area contributed by atoms with Gasteiger partial charge in [-0.3, -0.25) is 4.68 Å². The number of hydrogen-bond acceptors (Lipinski definition) is 7. The molecule has 0 N–H and O–H groups in total. The highest BCUT2D eigenvalue weighted by atomic mass is 32.2. The number of esters is 1. The summed E-state index contributed by atoms with van der Waals surface area (Å²) in [7, 11) is -1.04. The lowest BCUT2D eigenvalue weighted by Crippen LogP contribution is -2.27. The van der Waals surface area contributed by atoms with Crippen LogP contribution in [-0.4, -0.2) is 42.6 Å². The Morgan fingerprint density at radius 2 is 2.00 bits per heavy atom. The summed E-state index contributed by atoms with van der Waals surface area (Å²) in [5, 5.41) is 4.33. The van der Waals surface area contributed by atoms with Crippen molar-refractivity contribution in [2.24, 2.45) is 0 Å². The van der Waals surface area contributed by atoms with Crippen LogP contribution in [0.5, 0.6) is 0 Å². The molecule has 0 bridgehead atoms. The van der Waals surface area contributed by atoms with Crippen molar-refractivity contribution in [2.75, 3.05) is 14.2 Å². The SMILES string of the molecule is COC(=O)c1ccoc1Cn1nc(C)c(S(=O)(=O)N(C)Cc2ccco2)c1C. The number of ether oxygens (including phenoxy) is 1. The zero-order valence-electron chi connectivity index (χ0n) is 16.0. The molecule has 0 aliphatic heterocycles. The Morgan fingerprint density at radius 1 is 1.25 bits per heavy atom. The normalized spacial score (nSPS) is 11.9. The lowest BCUT2D eigenvalue weighted by Gasteiger charge is -2.16. The van der Waals surface area contributed by atoms with Gasteiger partial charge in [0.15, 0.2) is 0 Å². The molecule has 0 fully saturated rings. The molecule has 3 aromatic heterocycles. The van der Waals surface area contributed by atoms with Crippen LogP contribution in [0.2, 0.25) is 0 Å². The van der Waals surface area contributed by atoms with Crippen molar-refractivity contribution in [3.8, 4) is 0 Å². The first-order valence-electron chi connectivity index (χ1n) is 8.43. The maximum Gasteiger partial charge on any atom is 0.341 e. The molecule has 0 radical (unpaired) electrons. The highest BCUT2D eigenvalue weighted by Crippen LogP contribution is 2.25. The summed E-state index contributed by atoms with van der Waals surface area (Å²) in [5.41, 5.74) is 1.07. The predicted molar refractivity (Wildman–Crippen MR) is 98.2 cm³/mol. The number of aromatic nitrogens is 2. The van der Waals surface area contributed by atoms with E-state index in [1.54, 1.807) is 26.0 Å². The van der Waals surface area contributed by atoms with Gasteiger partial charge in [0.2, 0.25) is 10.0 Å². The molecular formula is C18H21N3O6S. The maximum atomic E-state index is 13.1. The van der Waals surface area contributed by atoms with Crippen molar-refractivity contribution in [3.05, 3.63) is 59.2 Å². The van der Waals surface area contributed by atoms with E-state index in [1.165, 1.54) is 41.7 Å². The van der Waals surface area contributed by atoms with E-state index >= 15 is 0 Å². The second-order valence-electron chi connectivity index (χ2n) is 6.25. The minimum Gasteiger partial charge on any atom is -0.468 e. The van der Waals surface area contributed by atoms with Gasteiger partial charge in [0.05, 0.1) is 37.6 Å². The number of sulfonamides is 1. The van der Waals surface area contributed by atoms with E-state index in [4.69, 9.17) is 13.6 Å². The number of aryl methyl sites for hydroxylation is 1. The van der Waals surface area contributed by atoms with Gasteiger partial charge in [-0.2, -0.15) is 9.40 Å². The second-order valence-corrected chi connectivity index (χ2v) is 8.23. The minimum absolute atomic E-state index is 0.0987. The molecule has 3 aromatic rings. The standard InChI is InChI=1S/C18H21N3O6S/c1-12-17(28(23,24)20(3)10-14-6-5-8-26-14)13(2)21(19-12)11-16-15(7-9-27-16)18(22)25-4/h5-9H,10-11H2,1-4H3. The fourth-order valence-corrected chi connectivity index (χ4v) is 4.46. The first-order chi connectivity index (χ1) is 13.3. The van der Waals surface area contributed by atoms with Crippen LogP contribution in [0.4, 0.5) is 0 Å².